The van der Waals surface area contributed by atoms with Crippen LogP contribution in [0.1, 0.15) is 16.7 Å². The van der Waals surface area contributed by atoms with Gasteiger partial charge in [-0.1, -0.05) is 24.3 Å². The first-order chi connectivity index (χ1) is 11.7. The van der Waals surface area contributed by atoms with Gasteiger partial charge in [-0.2, -0.15) is 0 Å². The van der Waals surface area contributed by atoms with E-state index in [9.17, 15) is 8.78 Å². The van der Waals surface area contributed by atoms with Gasteiger partial charge < -0.3 is 0 Å². The Labute approximate surface area is 140 Å². The van der Waals surface area contributed by atoms with Crippen molar-refractivity contribution >= 4 is 0 Å². The van der Waals surface area contributed by atoms with Crippen molar-refractivity contribution in [3.8, 4) is 0 Å². The molecule has 0 saturated carbocycles. The summed E-state index contributed by atoms with van der Waals surface area (Å²) in [5.41, 5.74) is 3.22. The van der Waals surface area contributed by atoms with E-state index >= 15 is 0 Å². The Hall–Kier alpha value is -2.59. The second-order valence-corrected chi connectivity index (χ2v) is 5.75. The summed E-state index contributed by atoms with van der Waals surface area (Å²) in [5, 5.41) is 0. The maximum atomic E-state index is 13.1. The summed E-state index contributed by atoms with van der Waals surface area (Å²) < 4.78 is 26.2. The molecule has 122 valence electrons. The zero-order valence-corrected chi connectivity index (χ0v) is 13.2. The van der Waals surface area contributed by atoms with Crippen LogP contribution < -0.4 is 0 Å². The third kappa shape index (κ3) is 4.70. The smallest absolute Gasteiger partial charge is 0.123 e. The molecule has 0 radical (unpaired) electrons. The fourth-order valence-corrected chi connectivity index (χ4v) is 2.61. The fourth-order valence-electron chi connectivity index (χ4n) is 2.61. The third-order valence-electron chi connectivity index (χ3n) is 3.79. The highest BCUT2D eigenvalue weighted by Crippen LogP contribution is 2.15. The predicted molar refractivity (Wildman–Crippen MR) is 90.0 cm³/mol. The van der Waals surface area contributed by atoms with Gasteiger partial charge in [0.15, 0.2) is 0 Å². The molecule has 3 aromatic rings. The molecule has 0 N–H and O–H groups in total. The van der Waals surface area contributed by atoms with Crippen LogP contribution in [0, 0.1) is 11.6 Å². The number of hydrogen-bond donors (Lipinski definition) is 0. The van der Waals surface area contributed by atoms with E-state index in [-0.39, 0.29) is 11.6 Å². The monoisotopic (exact) mass is 324 g/mol. The minimum absolute atomic E-state index is 0.238. The first-order valence-corrected chi connectivity index (χ1v) is 7.79. The Morgan fingerprint density at radius 2 is 0.958 bits per heavy atom. The molecule has 0 saturated heterocycles. The number of nitrogens with zero attached hydrogens (tertiary/aromatic N) is 2. The minimum atomic E-state index is -0.238. The van der Waals surface area contributed by atoms with Gasteiger partial charge in [0, 0.05) is 32.0 Å². The number of halogens is 2. The third-order valence-corrected chi connectivity index (χ3v) is 3.79. The van der Waals surface area contributed by atoms with Crippen LogP contribution in [0.25, 0.3) is 0 Å². The summed E-state index contributed by atoms with van der Waals surface area (Å²) in [6.45, 7) is 2.09. The Balaban J connectivity index is 1.76. The van der Waals surface area contributed by atoms with Crippen LogP contribution in [0.2, 0.25) is 0 Å². The second-order valence-electron chi connectivity index (χ2n) is 5.75. The quantitative estimate of drug-likeness (QED) is 0.661. The minimum Gasteiger partial charge on any atom is -0.291 e. The van der Waals surface area contributed by atoms with E-state index in [4.69, 9.17) is 0 Å². The molecule has 1 aromatic heterocycles. The largest absolute Gasteiger partial charge is 0.291 e. The van der Waals surface area contributed by atoms with Gasteiger partial charge in [0.1, 0.15) is 11.6 Å². The molecule has 24 heavy (non-hydrogen) atoms. The van der Waals surface area contributed by atoms with Gasteiger partial charge in [0.25, 0.3) is 0 Å². The molecule has 0 amide bonds. The fraction of sp³-hybridized carbons (Fsp3) is 0.150. The second kappa shape index (κ2) is 7.79. The van der Waals surface area contributed by atoms with E-state index in [2.05, 4.69) is 9.88 Å². The Kier molecular flexibility index (Phi) is 5.29. The van der Waals surface area contributed by atoms with Gasteiger partial charge in [0.05, 0.1) is 0 Å². The van der Waals surface area contributed by atoms with Crippen molar-refractivity contribution in [3.63, 3.8) is 0 Å². The van der Waals surface area contributed by atoms with Crippen LogP contribution in [0.15, 0.2) is 73.1 Å². The summed E-state index contributed by atoms with van der Waals surface area (Å²) in [4.78, 5) is 6.27. The average Bonchev–Trinajstić information content (AvgIpc) is 2.60. The Morgan fingerprint density at radius 1 is 0.583 bits per heavy atom. The molecule has 0 aliphatic rings. The number of aromatic nitrogens is 1. The predicted octanol–water partition coefficient (Wildman–Crippen LogP) is 4.56. The molecular formula is C20H18F2N2. The standard InChI is InChI=1S/C20H18F2N2/c21-19-5-1-16(2-6-19)13-24(15-18-9-11-23-12-10-18)14-17-3-7-20(22)8-4-17/h1-12H,13-15H2. The Morgan fingerprint density at radius 3 is 1.38 bits per heavy atom. The van der Waals surface area contributed by atoms with E-state index in [0.29, 0.717) is 13.1 Å². The highest BCUT2D eigenvalue weighted by atomic mass is 19.1. The first-order valence-electron chi connectivity index (χ1n) is 7.79. The molecule has 0 fully saturated rings. The highest BCUT2D eigenvalue weighted by molar-refractivity contribution is 5.19. The van der Waals surface area contributed by atoms with Crippen molar-refractivity contribution in [3.05, 3.63) is 101 Å². The van der Waals surface area contributed by atoms with E-state index in [1.165, 1.54) is 24.3 Å². The lowest BCUT2D eigenvalue weighted by molar-refractivity contribution is 0.247. The van der Waals surface area contributed by atoms with Gasteiger partial charge in [0.2, 0.25) is 0 Å². The summed E-state index contributed by atoms with van der Waals surface area (Å²) >= 11 is 0. The molecule has 0 aliphatic carbocycles. The molecule has 0 atom stereocenters. The molecule has 0 unspecified atom stereocenters. The summed E-state index contributed by atoms with van der Waals surface area (Å²) in [6.07, 6.45) is 3.53. The normalized spacial score (nSPS) is 11.0. The highest BCUT2D eigenvalue weighted by Gasteiger charge is 2.09. The molecule has 1 heterocycles. The number of rotatable bonds is 6. The van der Waals surface area contributed by atoms with Crippen molar-refractivity contribution in [2.75, 3.05) is 0 Å². The van der Waals surface area contributed by atoms with Crippen molar-refractivity contribution in [2.45, 2.75) is 19.6 Å². The first kappa shape index (κ1) is 16.3. The van der Waals surface area contributed by atoms with Crippen LogP contribution in [0.5, 0.6) is 0 Å². The summed E-state index contributed by atoms with van der Waals surface area (Å²) in [6, 6.07) is 17.0. The molecule has 3 rings (SSSR count). The molecule has 0 aliphatic heterocycles. The van der Waals surface area contributed by atoms with Crippen molar-refractivity contribution in [2.24, 2.45) is 0 Å². The SMILES string of the molecule is Fc1ccc(CN(Cc2ccncc2)Cc2ccc(F)cc2)cc1. The van der Waals surface area contributed by atoms with Gasteiger partial charge in [-0.05, 0) is 53.1 Å². The van der Waals surface area contributed by atoms with E-state index in [0.717, 1.165) is 23.2 Å². The molecule has 0 bridgehead atoms. The summed E-state index contributed by atoms with van der Waals surface area (Å²) in [7, 11) is 0. The lowest BCUT2D eigenvalue weighted by atomic mass is 10.1. The van der Waals surface area contributed by atoms with Crippen LogP contribution >= 0.6 is 0 Å². The average molecular weight is 324 g/mol. The number of benzene rings is 2. The van der Waals surface area contributed by atoms with Gasteiger partial charge in [-0.15, -0.1) is 0 Å². The van der Waals surface area contributed by atoms with Crippen molar-refractivity contribution in [1.29, 1.82) is 0 Å². The van der Waals surface area contributed by atoms with E-state index in [1.54, 1.807) is 36.7 Å². The van der Waals surface area contributed by atoms with Crippen molar-refractivity contribution in [1.82, 2.24) is 9.88 Å². The summed E-state index contributed by atoms with van der Waals surface area (Å²) in [5.74, 6) is -0.476. The topological polar surface area (TPSA) is 16.1 Å². The van der Waals surface area contributed by atoms with Gasteiger partial charge >= 0.3 is 0 Å². The molecule has 4 heteroatoms. The van der Waals surface area contributed by atoms with Crippen LogP contribution in [-0.2, 0) is 19.6 Å². The Bertz CT molecular complexity index is 708. The van der Waals surface area contributed by atoms with Crippen LogP contribution in [-0.4, -0.2) is 9.88 Å². The van der Waals surface area contributed by atoms with Gasteiger partial charge in [-0.3, -0.25) is 9.88 Å². The molecule has 2 nitrogen and oxygen atoms in total. The van der Waals surface area contributed by atoms with Crippen molar-refractivity contribution < 1.29 is 8.78 Å². The maximum absolute atomic E-state index is 13.1. The zero-order valence-electron chi connectivity index (χ0n) is 13.2. The molecule has 0 spiro atoms. The van der Waals surface area contributed by atoms with E-state index in [1.807, 2.05) is 12.1 Å². The molecular weight excluding hydrogens is 306 g/mol. The van der Waals surface area contributed by atoms with Crippen LogP contribution in [0.3, 0.4) is 0 Å². The number of pyridine rings is 1. The maximum Gasteiger partial charge on any atom is 0.123 e. The zero-order chi connectivity index (χ0) is 16.8. The molecule has 2 aromatic carbocycles. The van der Waals surface area contributed by atoms with E-state index < -0.39 is 0 Å². The lowest BCUT2D eigenvalue weighted by Crippen LogP contribution is -2.22. The number of hydrogen-bond acceptors (Lipinski definition) is 2. The van der Waals surface area contributed by atoms with Gasteiger partial charge in [-0.25, -0.2) is 8.78 Å². The lowest BCUT2D eigenvalue weighted by Gasteiger charge is -2.23. The van der Waals surface area contributed by atoms with Crippen LogP contribution in [0.4, 0.5) is 8.78 Å².